The van der Waals surface area contributed by atoms with Crippen molar-refractivity contribution in [1.29, 1.82) is 0 Å². The van der Waals surface area contributed by atoms with Crippen molar-refractivity contribution in [3.05, 3.63) is 71.5 Å². The lowest BCUT2D eigenvalue weighted by Crippen LogP contribution is -2.13. The molecule has 16 heavy (non-hydrogen) atoms. The van der Waals surface area contributed by atoms with E-state index >= 15 is 0 Å². The van der Waals surface area contributed by atoms with Crippen molar-refractivity contribution in [3.63, 3.8) is 0 Å². The highest BCUT2D eigenvalue weighted by atomic mass is 19.1. The zero-order valence-corrected chi connectivity index (χ0v) is 8.94. The lowest BCUT2D eigenvalue weighted by Gasteiger charge is -2.12. The van der Waals surface area contributed by atoms with Gasteiger partial charge in [0.15, 0.2) is 0 Å². The van der Waals surface area contributed by atoms with Crippen LogP contribution in [0, 0.1) is 5.82 Å². The van der Waals surface area contributed by atoms with Gasteiger partial charge in [-0.3, -0.25) is 0 Å². The maximum absolute atomic E-state index is 13.4. The molecule has 0 amide bonds. The summed E-state index contributed by atoms with van der Waals surface area (Å²) in [6.07, 6.45) is 0.524. The average Bonchev–Trinajstić information content (AvgIpc) is 2.33. The molecular formula is C14H14FN. The van der Waals surface area contributed by atoms with Gasteiger partial charge in [-0.25, -0.2) is 4.39 Å². The summed E-state index contributed by atoms with van der Waals surface area (Å²) in [6, 6.07) is 16.4. The Kier molecular flexibility index (Phi) is 3.32. The molecule has 0 aliphatic heterocycles. The number of halogens is 1. The van der Waals surface area contributed by atoms with Crippen LogP contribution in [0.2, 0.25) is 0 Å². The Labute approximate surface area is 94.7 Å². The van der Waals surface area contributed by atoms with Crippen LogP contribution in [0.4, 0.5) is 4.39 Å². The monoisotopic (exact) mass is 215 g/mol. The molecule has 82 valence electrons. The molecular weight excluding hydrogens is 201 g/mol. The van der Waals surface area contributed by atoms with Crippen molar-refractivity contribution >= 4 is 0 Å². The van der Waals surface area contributed by atoms with Crippen LogP contribution in [0.5, 0.6) is 0 Å². The van der Waals surface area contributed by atoms with Crippen LogP contribution in [-0.2, 0) is 6.42 Å². The molecule has 2 N–H and O–H groups in total. The lowest BCUT2D eigenvalue weighted by atomic mass is 9.99. The van der Waals surface area contributed by atoms with Gasteiger partial charge in [0.25, 0.3) is 0 Å². The van der Waals surface area contributed by atoms with Gasteiger partial charge in [0.1, 0.15) is 5.82 Å². The molecule has 0 fully saturated rings. The minimum atomic E-state index is -0.186. The summed E-state index contributed by atoms with van der Waals surface area (Å²) in [5, 5.41) is 0. The fourth-order valence-electron chi connectivity index (χ4n) is 1.72. The Bertz CT molecular complexity index is 453. The first-order valence-electron chi connectivity index (χ1n) is 5.31. The van der Waals surface area contributed by atoms with E-state index in [0.717, 1.165) is 5.56 Å². The number of benzene rings is 2. The number of hydrogen-bond donors (Lipinski definition) is 1. The number of rotatable bonds is 3. The Morgan fingerprint density at radius 3 is 2.25 bits per heavy atom. The third kappa shape index (κ3) is 2.47. The van der Waals surface area contributed by atoms with Gasteiger partial charge < -0.3 is 5.73 Å². The highest BCUT2D eigenvalue weighted by Crippen LogP contribution is 2.17. The van der Waals surface area contributed by atoms with E-state index in [1.165, 1.54) is 6.07 Å². The van der Waals surface area contributed by atoms with Crippen LogP contribution in [-0.4, -0.2) is 0 Å². The molecule has 1 nitrogen and oxygen atoms in total. The van der Waals surface area contributed by atoms with Crippen LogP contribution in [0.15, 0.2) is 54.6 Å². The maximum atomic E-state index is 13.4. The third-order valence-corrected chi connectivity index (χ3v) is 2.63. The second kappa shape index (κ2) is 4.90. The normalized spacial score (nSPS) is 12.4. The van der Waals surface area contributed by atoms with Crippen LogP contribution in [0.25, 0.3) is 0 Å². The summed E-state index contributed by atoms with van der Waals surface area (Å²) in [5.74, 6) is -0.186. The van der Waals surface area contributed by atoms with Crippen LogP contribution < -0.4 is 5.73 Å². The second-order valence-corrected chi connectivity index (χ2v) is 3.81. The van der Waals surface area contributed by atoms with Crippen LogP contribution >= 0.6 is 0 Å². The molecule has 0 aliphatic carbocycles. The zero-order valence-electron chi connectivity index (χ0n) is 8.94. The highest BCUT2D eigenvalue weighted by molar-refractivity contribution is 5.24. The number of hydrogen-bond acceptors (Lipinski definition) is 1. The second-order valence-electron chi connectivity index (χ2n) is 3.81. The molecule has 0 bridgehead atoms. The standard InChI is InChI=1S/C14H14FN/c15-13-9-5-4-8-12(13)10-14(16)11-6-2-1-3-7-11/h1-9,14H,10,16H2/t14-/m0/s1. The van der Waals surface area contributed by atoms with E-state index in [0.29, 0.717) is 12.0 Å². The van der Waals surface area contributed by atoms with Gasteiger partial charge >= 0.3 is 0 Å². The van der Waals surface area contributed by atoms with Crippen molar-refractivity contribution in [2.75, 3.05) is 0 Å². The molecule has 1 atom stereocenters. The molecule has 0 aliphatic rings. The maximum Gasteiger partial charge on any atom is 0.126 e. The van der Waals surface area contributed by atoms with Crippen LogP contribution in [0.1, 0.15) is 17.2 Å². The highest BCUT2D eigenvalue weighted by Gasteiger charge is 2.09. The van der Waals surface area contributed by atoms with Gasteiger partial charge in [0.05, 0.1) is 0 Å². The predicted octanol–water partition coefficient (Wildman–Crippen LogP) is 3.07. The van der Waals surface area contributed by atoms with Crippen molar-refractivity contribution in [2.24, 2.45) is 5.73 Å². The van der Waals surface area contributed by atoms with E-state index in [4.69, 9.17) is 5.73 Å². The fourth-order valence-corrected chi connectivity index (χ4v) is 1.72. The molecule has 0 saturated carbocycles. The van der Waals surface area contributed by atoms with E-state index in [1.807, 2.05) is 36.4 Å². The Hall–Kier alpha value is -1.67. The van der Waals surface area contributed by atoms with Crippen molar-refractivity contribution in [1.82, 2.24) is 0 Å². The fraction of sp³-hybridized carbons (Fsp3) is 0.143. The molecule has 0 radical (unpaired) electrons. The Morgan fingerprint density at radius 2 is 1.56 bits per heavy atom. The van der Waals surface area contributed by atoms with E-state index in [9.17, 15) is 4.39 Å². The van der Waals surface area contributed by atoms with Gasteiger partial charge in [-0.15, -0.1) is 0 Å². The van der Waals surface area contributed by atoms with Crippen LogP contribution in [0.3, 0.4) is 0 Å². The predicted molar refractivity (Wildman–Crippen MR) is 63.5 cm³/mol. The largest absolute Gasteiger partial charge is 0.324 e. The Balaban J connectivity index is 2.14. The van der Waals surface area contributed by atoms with E-state index in [1.54, 1.807) is 12.1 Å². The average molecular weight is 215 g/mol. The summed E-state index contributed by atoms with van der Waals surface area (Å²) >= 11 is 0. The molecule has 0 saturated heterocycles. The summed E-state index contributed by atoms with van der Waals surface area (Å²) in [6.45, 7) is 0. The number of nitrogens with two attached hydrogens (primary N) is 1. The third-order valence-electron chi connectivity index (χ3n) is 2.63. The molecule has 2 aromatic carbocycles. The lowest BCUT2D eigenvalue weighted by molar-refractivity contribution is 0.593. The van der Waals surface area contributed by atoms with Gasteiger partial charge in [0.2, 0.25) is 0 Å². The molecule has 2 aromatic rings. The topological polar surface area (TPSA) is 26.0 Å². The van der Waals surface area contributed by atoms with Gasteiger partial charge in [-0.05, 0) is 23.6 Å². The Morgan fingerprint density at radius 1 is 0.938 bits per heavy atom. The minimum absolute atomic E-state index is 0.155. The quantitative estimate of drug-likeness (QED) is 0.836. The summed E-state index contributed by atoms with van der Waals surface area (Å²) in [5.41, 5.74) is 7.73. The van der Waals surface area contributed by atoms with Gasteiger partial charge in [-0.1, -0.05) is 48.5 Å². The summed E-state index contributed by atoms with van der Waals surface area (Å²) < 4.78 is 13.4. The molecule has 0 aromatic heterocycles. The first-order valence-corrected chi connectivity index (χ1v) is 5.31. The van der Waals surface area contributed by atoms with Gasteiger partial charge in [0, 0.05) is 6.04 Å². The van der Waals surface area contributed by atoms with Crippen molar-refractivity contribution in [2.45, 2.75) is 12.5 Å². The molecule has 2 heteroatoms. The smallest absolute Gasteiger partial charge is 0.126 e. The molecule has 0 spiro atoms. The first kappa shape index (κ1) is 10.8. The first-order chi connectivity index (χ1) is 7.77. The van der Waals surface area contributed by atoms with Crippen molar-refractivity contribution in [3.8, 4) is 0 Å². The van der Waals surface area contributed by atoms with E-state index in [-0.39, 0.29) is 11.9 Å². The van der Waals surface area contributed by atoms with Crippen molar-refractivity contribution < 1.29 is 4.39 Å². The zero-order chi connectivity index (χ0) is 11.4. The van der Waals surface area contributed by atoms with Gasteiger partial charge in [-0.2, -0.15) is 0 Å². The SMILES string of the molecule is N[C@@H](Cc1ccccc1F)c1ccccc1. The molecule has 2 rings (SSSR count). The summed E-state index contributed by atoms with van der Waals surface area (Å²) in [4.78, 5) is 0. The minimum Gasteiger partial charge on any atom is -0.324 e. The molecule has 0 unspecified atom stereocenters. The molecule has 0 heterocycles. The van der Waals surface area contributed by atoms with E-state index < -0.39 is 0 Å². The summed E-state index contributed by atoms with van der Waals surface area (Å²) in [7, 11) is 0. The van der Waals surface area contributed by atoms with E-state index in [2.05, 4.69) is 0 Å².